The van der Waals surface area contributed by atoms with Gasteiger partial charge in [0.2, 0.25) is 0 Å². The predicted octanol–water partition coefficient (Wildman–Crippen LogP) is 10.6. The summed E-state index contributed by atoms with van der Waals surface area (Å²) in [6.07, 6.45) is 3.29. The third-order valence-corrected chi connectivity index (χ3v) is 11.2. The molecule has 0 aliphatic rings. The monoisotopic (exact) mass is 495 g/mol. The Balaban J connectivity index is 6.29. The number of rotatable bonds is 11. The Morgan fingerprint density at radius 2 is 1.06 bits per heavy atom. The lowest BCUT2D eigenvalue weighted by Crippen LogP contribution is -2.54. The minimum Gasteiger partial charge on any atom is -0.460 e. The molecule has 2 nitrogen and oxygen atoms in total. The first-order chi connectivity index (χ1) is 15.1. The average molecular weight is 495 g/mol. The normalized spacial score (nSPS) is 17.7. The van der Waals surface area contributed by atoms with Gasteiger partial charge in [0.05, 0.1) is 5.92 Å². The molecule has 0 aromatic heterocycles. The maximum absolute atomic E-state index is 13.4. The van der Waals surface area contributed by atoms with Gasteiger partial charge in [-0.05, 0) is 77.9 Å². The Morgan fingerprint density at radius 1 is 0.657 bits per heavy atom. The van der Waals surface area contributed by atoms with E-state index in [1.54, 1.807) is 0 Å². The topological polar surface area (TPSA) is 26.3 Å². The minimum atomic E-state index is -0.471. The lowest BCUT2D eigenvalue weighted by Gasteiger charge is -2.60. The third kappa shape index (κ3) is 7.73. The van der Waals surface area contributed by atoms with Gasteiger partial charge in [-0.15, -0.1) is 0 Å². The molecule has 0 fully saturated rings. The molecule has 0 aliphatic heterocycles. The Labute approximate surface area is 222 Å². The summed E-state index contributed by atoms with van der Waals surface area (Å²) >= 11 is 0. The van der Waals surface area contributed by atoms with Crippen LogP contribution in [-0.2, 0) is 9.53 Å². The van der Waals surface area contributed by atoms with Gasteiger partial charge in [0.1, 0.15) is 5.60 Å². The highest BCUT2D eigenvalue weighted by Crippen LogP contribution is 2.62. The van der Waals surface area contributed by atoms with Crippen LogP contribution in [0.4, 0.5) is 0 Å². The van der Waals surface area contributed by atoms with Crippen LogP contribution in [-0.4, -0.2) is 11.6 Å². The molecule has 0 heterocycles. The van der Waals surface area contributed by atoms with Crippen LogP contribution in [0.25, 0.3) is 0 Å². The molecule has 0 saturated carbocycles. The van der Waals surface area contributed by atoms with Crippen LogP contribution in [0, 0.1) is 50.2 Å². The molecular formula is C33H66O2. The van der Waals surface area contributed by atoms with E-state index in [4.69, 9.17) is 4.74 Å². The zero-order valence-corrected chi connectivity index (χ0v) is 27.7. The van der Waals surface area contributed by atoms with Crippen molar-refractivity contribution in [3.8, 4) is 0 Å². The van der Waals surface area contributed by atoms with Gasteiger partial charge in [-0.2, -0.15) is 0 Å². The molecule has 0 aliphatic carbocycles. The number of hydrogen-bond donors (Lipinski definition) is 0. The van der Waals surface area contributed by atoms with Crippen molar-refractivity contribution in [3.05, 3.63) is 0 Å². The molecule has 0 radical (unpaired) electrons. The first-order valence-electron chi connectivity index (χ1n) is 14.3. The van der Waals surface area contributed by atoms with Crippen molar-refractivity contribution >= 4 is 5.97 Å². The van der Waals surface area contributed by atoms with Gasteiger partial charge in [0.15, 0.2) is 0 Å². The van der Waals surface area contributed by atoms with Crippen LogP contribution in [0.15, 0.2) is 0 Å². The molecule has 3 atom stereocenters. The molecule has 2 heteroatoms. The van der Waals surface area contributed by atoms with E-state index in [9.17, 15) is 4.79 Å². The molecule has 0 aromatic carbocycles. The lowest BCUT2D eigenvalue weighted by molar-refractivity contribution is -0.168. The van der Waals surface area contributed by atoms with Gasteiger partial charge in [-0.25, -0.2) is 0 Å². The van der Waals surface area contributed by atoms with Gasteiger partial charge in [0.25, 0.3) is 0 Å². The number of esters is 1. The number of ether oxygens (including phenoxy) is 1. The van der Waals surface area contributed by atoms with E-state index in [0.29, 0.717) is 17.3 Å². The van der Waals surface area contributed by atoms with Crippen molar-refractivity contribution in [2.45, 2.75) is 156 Å². The molecule has 210 valence electrons. The summed E-state index contributed by atoms with van der Waals surface area (Å²) in [6.45, 7) is 44.2. The quantitative estimate of drug-likeness (QED) is 0.267. The van der Waals surface area contributed by atoms with Gasteiger partial charge in [-0.1, -0.05) is 117 Å². The van der Waals surface area contributed by atoms with E-state index in [0.717, 1.165) is 6.42 Å². The zero-order chi connectivity index (χ0) is 28.6. The highest BCUT2D eigenvalue weighted by Gasteiger charge is 2.55. The maximum atomic E-state index is 13.4. The Hall–Kier alpha value is -0.530. The molecule has 0 bridgehead atoms. The van der Waals surface area contributed by atoms with Gasteiger partial charge >= 0.3 is 5.97 Å². The van der Waals surface area contributed by atoms with Crippen molar-refractivity contribution in [2.75, 3.05) is 0 Å². The Kier molecular flexibility index (Phi) is 10.5. The molecular weight excluding hydrogens is 428 g/mol. The van der Waals surface area contributed by atoms with E-state index in [2.05, 4.69) is 111 Å². The number of carbonyl (C=O) groups excluding carboxylic acids is 1. The van der Waals surface area contributed by atoms with E-state index in [-0.39, 0.29) is 39.0 Å². The first kappa shape index (κ1) is 34.5. The van der Waals surface area contributed by atoms with Gasteiger partial charge in [-0.3, -0.25) is 4.79 Å². The molecule has 0 amide bonds. The second-order valence-corrected chi connectivity index (χ2v) is 16.9. The third-order valence-electron chi connectivity index (χ3n) is 11.2. The maximum Gasteiger partial charge on any atom is 0.310 e. The summed E-state index contributed by atoms with van der Waals surface area (Å²) in [5, 5.41) is 0. The molecule has 35 heavy (non-hydrogen) atoms. The molecule has 0 N–H and O–H groups in total. The zero-order valence-electron chi connectivity index (χ0n) is 27.7. The highest BCUT2D eigenvalue weighted by molar-refractivity contribution is 5.73. The molecule has 3 unspecified atom stereocenters. The average Bonchev–Trinajstić information content (AvgIpc) is 2.61. The molecule has 0 spiro atoms. The van der Waals surface area contributed by atoms with E-state index >= 15 is 0 Å². The fourth-order valence-electron chi connectivity index (χ4n) is 6.33. The largest absolute Gasteiger partial charge is 0.460 e. The van der Waals surface area contributed by atoms with Crippen molar-refractivity contribution < 1.29 is 9.53 Å². The molecule has 0 rings (SSSR count). The summed E-state index contributed by atoms with van der Waals surface area (Å²) in [7, 11) is 0. The summed E-state index contributed by atoms with van der Waals surface area (Å²) in [5.41, 5.74) is -0.143. The highest BCUT2D eigenvalue weighted by atomic mass is 16.6. The van der Waals surface area contributed by atoms with Crippen molar-refractivity contribution in [1.29, 1.82) is 0 Å². The minimum absolute atomic E-state index is 0.00784. The predicted molar refractivity (Wildman–Crippen MR) is 156 cm³/mol. The molecule has 0 saturated heterocycles. The fourth-order valence-corrected chi connectivity index (χ4v) is 6.33. The van der Waals surface area contributed by atoms with Crippen LogP contribution in [0.3, 0.4) is 0 Å². The van der Waals surface area contributed by atoms with Crippen molar-refractivity contribution in [2.24, 2.45) is 50.2 Å². The summed E-state index contributed by atoms with van der Waals surface area (Å²) in [5.74, 6) is 0.812. The SMILES string of the molecule is CCCC(C)(C)C(C)C(C)(C)C(C)(C)C(C)C(C)(C)C(C)(C)CC(C(=O)OC(C)(C)C)C(C)(C)C. The van der Waals surface area contributed by atoms with Crippen molar-refractivity contribution in [1.82, 2.24) is 0 Å². The Morgan fingerprint density at radius 3 is 1.40 bits per heavy atom. The van der Waals surface area contributed by atoms with Crippen LogP contribution in [0.1, 0.15) is 151 Å². The van der Waals surface area contributed by atoms with Crippen LogP contribution in [0.5, 0.6) is 0 Å². The Bertz CT molecular complexity index is 692. The fraction of sp³-hybridized carbons (Fsp3) is 0.970. The lowest BCUT2D eigenvalue weighted by atomic mass is 9.45. The van der Waals surface area contributed by atoms with Crippen molar-refractivity contribution in [3.63, 3.8) is 0 Å². The van der Waals surface area contributed by atoms with E-state index in [1.807, 2.05) is 20.8 Å². The summed E-state index contributed by atoms with van der Waals surface area (Å²) in [4.78, 5) is 13.4. The van der Waals surface area contributed by atoms with Gasteiger partial charge in [0, 0.05) is 0 Å². The molecule has 0 aromatic rings. The summed E-state index contributed by atoms with van der Waals surface area (Å²) in [6, 6.07) is 0. The van der Waals surface area contributed by atoms with Crippen LogP contribution >= 0.6 is 0 Å². The van der Waals surface area contributed by atoms with Crippen LogP contribution in [0.2, 0.25) is 0 Å². The second kappa shape index (κ2) is 10.7. The summed E-state index contributed by atoms with van der Waals surface area (Å²) < 4.78 is 5.92. The van der Waals surface area contributed by atoms with Gasteiger partial charge < -0.3 is 4.74 Å². The first-order valence-corrected chi connectivity index (χ1v) is 14.3. The number of hydrogen-bond acceptors (Lipinski definition) is 2. The van der Waals surface area contributed by atoms with E-state index < -0.39 is 5.60 Å². The standard InChI is InChI=1S/C33H66O2/c1-20-21-29(10,11)23(2)32(16,17)33(18,19)24(3)31(14,15)30(12,13)22-25(27(4,5)6)26(34)35-28(7,8)9/h23-25H,20-22H2,1-19H3. The second-order valence-electron chi connectivity index (χ2n) is 16.9. The van der Waals surface area contributed by atoms with Crippen LogP contribution < -0.4 is 0 Å². The van der Waals surface area contributed by atoms with E-state index in [1.165, 1.54) is 12.8 Å². The number of carbonyl (C=O) groups is 1. The smallest absolute Gasteiger partial charge is 0.310 e.